The number of likely N-dealkylation sites (tertiary alicyclic amines) is 1. The smallest absolute Gasteiger partial charge is 0.223 e. The predicted octanol–water partition coefficient (Wildman–Crippen LogP) is 0.897. The number of amides is 1. The molecule has 13 heavy (non-hydrogen) atoms. The van der Waals surface area contributed by atoms with Crippen LogP contribution >= 0.6 is 15.9 Å². The second-order valence-corrected chi connectivity index (χ2v) is 5.45. The number of nitrogens with zero attached hydrogens (tertiary/aromatic N) is 1. The van der Waals surface area contributed by atoms with Gasteiger partial charge in [0.1, 0.15) is 0 Å². The Bertz CT molecular complexity index is 228. The van der Waals surface area contributed by atoms with Gasteiger partial charge in [-0.1, -0.05) is 15.9 Å². The second-order valence-electron chi connectivity index (χ2n) is 4.15. The number of hydrogen-bond acceptors (Lipinski definition) is 2. The summed E-state index contributed by atoms with van der Waals surface area (Å²) in [6, 6.07) is 0. The van der Waals surface area contributed by atoms with Crippen molar-refractivity contribution in [2.75, 3.05) is 13.1 Å². The van der Waals surface area contributed by atoms with Gasteiger partial charge in [-0.25, -0.2) is 0 Å². The van der Waals surface area contributed by atoms with Crippen LogP contribution in [0.15, 0.2) is 0 Å². The van der Waals surface area contributed by atoms with Gasteiger partial charge in [-0.15, -0.1) is 0 Å². The van der Waals surface area contributed by atoms with Crippen molar-refractivity contribution in [3.05, 3.63) is 0 Å². The molecule has 0 aromatic heterocycles. The maximum absolute atomic E-state index is 11.4. The van der Waals surface area contributed by atoms with Gasteiger partial charge in [-0.3, -0.25) is 4.79 Å². The molecule has 0 spiro atoms. The van der Waals surface area contributed by atoms with Crippen molar-refractivity contribution in [3.8, 4) is 0 Å². The molecule has 2 rings (SSSR count). The molecule has 1 saturated carbocycles. The molecule has 1 heterocycles. The minimum atomic E-state index is -0.563. The summed E-state index contributed by atoms with van der Waals surface area (Å²) < 4.78 is 0. The van der Waals surface area contributed by atoms with E-state index >= 15 is 0 Å². The molecule has 0 aromatic rings. The topological polar surface area (TPSA) is 40.5 Å². The van der Waals surface area contributed by atoms with Gasteiger partial charge in [0.2, 0.25) is 5.91 Å². The SMILES string of the molecule is O=C1CC(Br)CN1CC1(O)CCC1. The van der Waals surface area contributed by atoms with Gasteiger partial charge >= 0.3 is 0 Å². The Morgan fingerprint density at radius 1 is 1.62 bits per heavy atom. The van der Waals surface area contributed by atoms with E-state index < -0.39 is 5.60 Å². The fourth-order valence-corrected chi connectivity index (χ4v) is 2.60. The Kier molecular flexibility index (Phi) is 2.36. The van der Waals surface area contributed by atoms with Crippen LogP contribution in [0.2, 0.25) is 0 Å². The summed E-state index contributed by atoms with van der Waals surface area (Å²) in [6.45, 7) is 1.29. The summed E-state index contributed by atoms with van der Waals surface area (Å²) in [6.07, 6.45) is 3.37. The summed E-state index contributed by atoms with van der Waals surface area (Å²) in [4.78, 5) is 13.4. The van der Waals surface area contributed by atoms with E-state index in [4.69, 9.17) is 0 Å². The molecule has 0 aromatic carbocycles. The Morgan fingerprint density at radius 3 is 2.69 bits per heavy atom. The standard InChI is InChI=1S/C9H14BrNO2/c10-7-4-8(12)11(5-7)6-9(13)2-1-3-9/h7,13H,1-6H2. The lowest BCUT2D eigenvalue weighted by atomic mass is 9.80. The van der Waals surface area contributed by atoms with E-state index in [0.29, 0.717) is 13.0 Å². The summed E-state index contributed by atoms with van der Waals surface area (Å²) in [7, 11) is 0. The zero-order valence-corrected chi connectivity index (χ0v) is 9.09. The molecule has 1 saturated heterocycles. The van der Waals surface area contributed by atoms with Crippen LogP contribution in [0.3, 0.4) is 0 Å². The molecule has 74 valence electrons. The molecular weight excluding hydrogens is 234 g/mol. The molecule has 1 unspecified atom stereocenters. The van der Waals surface area contributed by atoms with Crippen molar-refractivity contribution in [1.82, 2.24) is 4.90 Å². The fourth-order valence-electron chi connectivity index (χ4n) is 1.98. The van der Waals surface area contributed by atoms with Gasteiger partial charge in [-0.2, -0.15) is 0 Å². The van der Waals surface area contributed by atoms with Gasteiger partial charge in [0.15, 0.2) is 0 Å². The third-order valence-corrected chi connectivity index (χ3v) is 3.55. The molecule has 2 fully saturated rings. The van der Waals surface area contributed by atoms with E-state index in [9.17, 15) is 9.90 Å². The first kappa shape index (κ1) is 9.46. The molecule has 1 aliphatic carbocycles. The number of β-amino-alcohol motifs (C(OH)–C–C–N with tert-alkyl or cyclic N) is 1. The van der Waals surface area contributed by atoms with Crippen LogP contribution in [-0.2, 0) is 4.79 Å². The van der Waals surface area contributed by atoms with Crippen molar-refractivity contribution < 1.29 is 9.90 Å². The van der Waals surface area contributed by atoms with Crippen LogP contribution in [-0.4, -0.2) is 39.4 Å². The van der Waals surface area contributed by atoms with Crippen molar-refractivity contribution in [3.63, 3.8) is 0 Å². The maximum Gasteiger partial charge on any atom is 0.223 e. The molecule has 0 radical (unpaired) electrons. The van der Waals surface area contributed by atoms with Crippen molar-refractivity contribution in [1.29, 1.82) is 0 Å². The van der Waals surface area contributed by atoms with Crippen molar-refractivity contribution in [2.24, 2.45) is 0 Å². The quantitative estimate of drug-likeness (QED) is 0.737. The molecule has 3 nitrogen and oxygen atoms in total. The van der Waals surface area contributed by atoms with Crippen LogP contribution in [0.5, 0.6) is 0 Å². The number of halogens is 1. The highest BCUT2D eigenvalue weighted by Crippen LogP contribution is 2.33. The van der Waals surface area contributed by atoms with Crippen molar-refractivity contribution >= 4 is 21.8 Å². The van der Waals surface area contributed by atoms with E-state index in [0.717, 1.165) is 25.8 Å². The van der Waals surface area contributed by atoms with Gasteiger partial charge in [-0.05, 0) is 19.3 Å². The summed E-state index contributed by atoms with van der Waals surface area (Å²) in [5.41, 5.74) is -0.563. The summed E-state index contributed by atoms with van der Waals surface area (Å²) in [5.74, 6) is 0.169. The first-order valence-corrected chi connectivity index (χ1v) is 5.65. The van der Waals surface area contributed by atoms with Gasteiger partial charge in [0.25, 0.3) is 0 Å². The number of hydrogen-bond donors (Lipinski definition) is 1. The fraction of sp³-hybridized carbons (Fsp3) is 0.889. The predicted molar refractivity (Wildman–Crippen MR) is 52.7 cm³/mol. The van der Waals surface area contributed by atoms with Crippen LogP contribution < -0.4 is 0 Å². The van der Waals surface area contributed by atoms with E-state index in [1.165, 1.54) is 0 Å². The number of aliphatic hydroxyl groups is 1. The number of carbonyl (C=O) groups is 1. The third kappa shape index (κ3) is 1.89. The molecule has 1 atom stereocenters. The number of rotatable bonds is 2. The molecule has 1 aliphatic heterocycles. The van der Waals surface area contributed by atoms with E-state index in [1.54, 1.807) is 4.90 Å². The van der Waals surface area contributed by atoms with Crippen LogP contribution in [0.4, 0.5) is 0 Å². The van der Waals surface area contributed by atoms with Crippen LogP contribution in [0.25, 0.3) is 0 Å². The first-order chi connectivity index (χ1) is 6.09. The van der Waals surface area contributed by atoms with E-state index in [2.05, 4.69) is 15.9 Å². The molecule has 2 aliphatic rings. The lowest BCUT2D eigenvalue weighted by Gasteiger charge is -2.39. The van der Waals surface area contributed by atoms with Gasteiger partial charge < -0.3 is 10.0 Å². The lowest BCUT2D eigenvalue weighted by Crippen LogP contribution is -2.48. The molecule has 1 N–H and O–H groups in total. The van der Waals surface area contributed by atoms with Gasteiger partial charge in [0, 0.05) is 24.3 Å². The maximum atomic E-state index is 11.4. The number of carbonyl (C=O) groups excluding carboxylic acids is 1. The molecule has 4 heteroatoms. The minimum Gasteiger partial charge on any atom is -0.388 e. The average molecular weight is 248 g/mol. The summed E-state index contributed by atoms with van der Waals surface area (Å²) >= 11 is 3.42. The molecule has 0 bridgehead atoms. The van der Waals surface area contributed by atoms with Crippen LogP contribution in [0.1, 0.15) is 25.7 Å². The molecular formula is C9H14BrNO2. The van der Waals surface area contributed by atoms with Crippen LogP contribution in [0, 0.1) is 0 Å². The minimum absolute atomic E-state index is 0.169. The van der Waals surface area contributed by atoms with Crippen molar-refractivity contribution in [2.45, 2.75) is 36.1 Å². The number of alkyl halides is 1. The summed E-state index contributed by atoms with van der Waals surface area (Å²) in [5, 5.41) is 9.87. The largest absolute Gasteiger partial charge is 0.388 e. The molecule has 1 amide bonds. The van der Waals surface area contributed by atoms with E-state index in [-0.39, 0.29) is 10.7 Å². The van der Waals surface area contributed by atoms with E-state index in [1.807, 2.05) is 0 Å². The zero-order valence-electron chi connectivity index (χ0n) is 7.50. The van der Waals surface area contributed by atoms with Gasteiger partial charge in [0.05, 0.1) is 5.60 Å². The highest BCUT2D eigenvalue weighted by molar-refractivity contribution is 9.09. The normalized spacial score (nSPS) is 32.0. The lowest BCUT2D eigenvalue weighted by molar-refractivity contribution is -0.133. The Morgan fingerprint density at radius 2 is 2.31 bits per heavy atom. The third-order valence-electron chi connectivity index (χ3n) is 2.94. The Balaban J connectivity index is 1.91. The highest BCUT2D eigenvalue weighted by Gasteiger charge is 2.39. The monoisotopic (exact) mass is 247 g/mol. The Labute approximate surface area is 86.2 Å². The average Bonchev–Trinajstić information content (AvgIpc) is 2.27. The zero-order chi connectivity index (χ0) is 9.47. The second kappa shape index (κ2) is 3.24. The Hall–Kier alpha value is -0.0900. The first-order valence-electron chi connectivity index (χ1n) is 4.73. The highest BCUT2D eigenvalue weighted by atomic mass is 79.9.